The van der Waals surface area contributed by atoms with Crippen molar-refractivity contribution in [1.82, 2.24) is 5.32 Å². The standard InChI is InChI=1S/C13H19FN2O/c1-13(2,9-15)16-12(17)8-5-10-3-6-11(14)7-4-10/h3-4,6-7H,5,8-9,15H2,1-2H3,(H,16,17). The number of carbonyl (C=O) groups excluding carboxylic acids is 1. The zero-order chi connectivity index (χ0) is 12.9. The Bertz CT molecular complexity index is 374. The summed E-state index contributed by atoms with van der Waals surface area (Å²) in [7, 11) is 0. The number of nitrogens with one attached hydrogen (secondary N) is 1. The minimum Gasteiger partial charge on any atom is -0.350 e. The molecule has 0 aliphatic carbocycles. The molecule has 0 fully saturated rings. The first-order chi connectivity index (χ1) is 7.93. The van der Waals surface area contributed by atoms with Crippen LogP contribution in [-0.2, 0) is 11.2 Å². The van der Waals surface area contributed by atoms with E-state index in [1.807, 2.05) is 13.8 Å². The normalized spacial score (nSPS) is 11.3. The lowest BCUT2D eigenvalue weighted by atomic mass is 10.0. The molecule has 1 aromatic rings. The highest BCUT2D eigenvalue weighted by Crippen LogP contribution is 2.06. The maximum Gasteiger partial charge on any atom is 0.220 e. The van der Waals surface area contributed by atoms with Gasteiger partial charge in [-0.05, 0) is 38.0 Å². The number of amides is 1. The van der Waals surface area contributed by atoms with Gasteiger partial charge in [0.05, 0.1) is 0 Å². The van der Waals surface area contributed by atoms with Crippen molar-refractivity contribution in [3.8, 4) is 0 Å². The Labute approximate surface area is 101 Å². The molecule has 0 radical (unpaired) electrons. The Kier molecular flexibility index (Phi) is 4.63. The first-order valence-electron chi connectivity index (χ1n) is 5.68. The Morgan fingerprint density at radius 3 is 2.47 bits per heavy atom. The summed E-state index contributed by atoms with van der Waals surface area (Å²) < 4.78 is 12.7. The van der Waals surface area contributed by atoms with Gasteiger partial charge < -0.3 is 11.1 Å². The molecule has 1 rings (SSSR count). The average molecular weight is 238 g/mol. The highest BCUT2D eigenvalue weighted by Gasteiger charge is 2.17. The molecule has 0 atom stereocenters. The van der Waals surface area contributed by atoms with E-state index in [1.54, 1.807) is 12.1 Å². The number of benzene rings is 1. The smallest absolute Gasteiger partial charge is 0.220 e. The van der Waals surface area contributed by atoms with Crippen LogP contribution in [0, 0.1) is 5.82 Å². The average Bonchev–Trinajstić information content (AvgIpc) is 2.28. The van der Waals surface area contributed by atoms with Crippen LogP contribution in [0.2, 0.25) is 0 Å². The van der Waals surface area contributed by atoms with Crippen LogP contribution < -0.4 is 11.1 Å². The van der Waals surface area contributed by atoms with Crippen LogP contribution in [0.15, 0.2) is 24.3 Å². The van der Waals surface area contributed by atoms with E-state index < -0.39 is 0 Å². The summed E-state index contributed by atoms with van der Waals surface area (Å²) in [5.74, 6) is -0.299. The fourth-order valence-corrected chi connectivity index (χ4v) is 1.40. The lowest BCUT2D eigenvalue weighted by Gasteiger charge is -2.24. The molecule has 0 aliphatic rings. The van der Waals surface area contributed by atoms with Crippen molar-refractivity contribution < 1.29 is 9.18 Å². The van der Waals surface area contributed by atoms with Crippen molar-refractivity contribution in [2.24, 2.45) is 5.73 Å². The minimum atomic E-state index is -0.375. The molecule has 0 heterocycles. The molecular weight excluding hydrogens is 219 g/mol. The highest BCUT2D eigenvalue weighted by molar-refractivity contribution is 5.77. The molecule has 0 saturated heterocycles. The van der Waals surface area contributed by atoms with E-state index >= 15 is 0 Å². The van der Waals surface area contributed by atoms with Gasteiger partial charge in [0.15, 0.2) is 0 Å². The van der Waals surface area contributed by atoms with Crippen LogP contribution in [0.1, 0.15) is 25.8 Å². The number of carbonyl (C=O) groups is 1. The Hall–Kier alpha value is -1.42. The van der Waals surface area contributed by atoms with Crippen molar-refractivity contribution >= 4 is 5.91 Å². The van der Waals surface area contributed by atoms with E-state index in [-0.39, 0.29) is 17.3 Å². The predicted octanol–water partition coefficient (Wildman–Crippen LogP) is 1.61. The van der Waals surface area contributed by atoms with Crippen LogP contribution in [0.5, 0.6) is 0 Å². The topological polar surface area (TPSA) is 55.1 Å². The molecule has 0 spiro atoms. The van der Waals surface area contributed by atoms with E-state index in [4.69, 9.17) is 5.73 Å². The first kappa shape index (κ1) is 13.6. The van der Waals surface area contributed by atoms with Gasteiger partial charge in [0.25, 0.3) is 0 Å². The number of nitrogens with two attached hydrogens (primary N) is 1. The molecule has 0 aliphatic heterocycles. The Morgan fingerprint density at radius 1 is 1.35 bits per heavy atom. The summed E-state index contributed by atoms with van der Waals surface area (Å²) in [6.45, 7) is 4.15. The summed E-state index contributed by atoms with van der Waals surface area (Å²) in [6.07, 6.45) is 0.988. The summed E-state index contributed by atoms with van der Waals surface area (Å²) in [4.78, 5) is 11.6. The zero-order valence-electron chi connectivity index (χ0n) is 10.3. The third-order valence-electron chi connectivity index (χ3n) is 2.54. The van der Waals surface area contributed by atoms with Gasteiger partial charge in [-0.2, -0.15) is 0 Å². The lowest BCUT2D eigenvalue weighted by Crippen LogP contribution is -2.48. The van der Waals surface area contributed by atoms with Gasteiger partial charge >= 0.3 is 0 Å². The molecule has 3 nitrogen and oxygen atoms in total. The molecule has 1 aromatic carbocycles. The van der Waals surface area contributed by atoms with Crippen molar-refractivity contribution in [2.45, 2.75) is 32.2 Å². The van der Waals surface area contributed by atoms with E-state index in [0.29, 0.717) is 19.4 Å². The fourth-order valence-electron chi connectivity index (χ4n) is 1.40. The van der Waals surface area contributed by atoms with Crippen molar-refractivity contribution in [3.63, 3.8) is 0 Å². The molecule has 17 heavy (non-hydrogen) atoms. The second kappa shape index (κ2) is 5.77. The van der Waals surface area contributed by atoms with E-state index in [2.05, 4.69) is 5.32 Å². The van der Waals surface area contributed by atoms with E-state index in [9.17, 15) is 9.18 Å². The SMILES string of the molecule is CC(C)(CN)NC(=O)CCc1ccc(F)cc1. The van der Waals surface area contributed by atoms with Crippen LogP contribution in [0.4, 0.5) is 4.39 Å². The second-order valence-electron chi connectivity index (χ2n) is 4.76. The Balaban J connectivity index is 2.41. The monoisotopic (exact) mass is 238 g/mol. The van der Waals surface area contributed by atoms with E-state index in [1.165, 1.54) is 12.1 Å². The number of rotatable bonds is 5. The van der Waals surface area contributed by atoms with Gasteiger partial charge in [-0.15, -0.1) is 0 Å². The molecular formula is C13H19FN2O. The van der Waals surface area contributed by atoms with Gasteiger partial charge in [0, 0.05) is 18.5 Å². The van der Waals surface area contributed by atoms with Gasteiger partial charge in [-0.1, -0.05) is 12.1 Å². The van der Waals surface area contributed by atoms with Crippen molar-refractivity contribution in [3.05, 3.63) is 35.6 Å². The number of halogens is 1. The Morgan fingerprint density at radius 2 is 1.94 bits per heavy atom. The molecule has 0 aromatic heterocycles. The van der Waals surface area contributed by atoms with Crippen LogP contribution in [0.25, 0.3) is 0 Å². The van der Waals surface area contributed by atoms with Crippen LogP contribution in [0.3, 0.4) is 0 Å². The third-order valence-corrected chi connectivity index (χ3v) is 2.54. The van der Waals surface area contributed by atoms with Gasteiger partial charge in [-0.25, -0.2) is 4.39 Å². The molecule has 94 valence electrons. The number of hydrogen-bond donors (Lipinski definition) is 2. The largest absolute Gasteiger partial charge is 0.350 e. The van der Waals surface area contributed by atoms with Crippen LogP contribution >= 0.6 is 0 Å². The summed E-state index contributed by atoms with van der Waals surface area (Å²) in [5.41, 5.74) is 6.10. The fraction of sp³-hybridized carbons (Fsp3) is 0.462. The second-order valence-corrected chi connectivity index (χ2v) is 4.76. The molecule has 4 heteroatoms. The zero-order valence-corrected chi connectivity index (χ0v) is 10.3. The predicted molar refractivity (Wildman–Crippen MR) is 66.0 cm³/mol. The van der Waals surface area contributed by atoms with Gasteiger partial charge in [-0.3, -0.25) is 4.79 Å². The lowest BCUT2D eigenvalue weighted by molar-refractivity contribution is -0.122. The molecule has 0 unspecified atom stereocenters. The molecule has 0 saturated carbocycles. The quantitative estimate of drug-likeness (QED) is 0.819. The molecule has 1 amide bonds. The number of aryl methyl sites for hydroxylation is 1. The highest BCUT2D eigenvalue weighted by atomic mass is 19.1. The van der Waals surface area contributed by atoms with Crippen LogP contribution in [-0.4, -0.2) is 18.0 Å². The summed E-state index contributed by atoms with van der Waals surface area (Å²) in [6, 6.07) is 6.18. The summed E-state index contributed by atoms with van der Waals surface area (Å²) in [5, 5.41) is 2.85. The molecule has 0 bridgehead atoms. The number of hydrogen-bond acceptors (Lipinski definition) is 2. The first-order valence-corrected chi connectivity index (χ1v) is 5.68. The maximum atomic E-state index is 12.7. The summed E-state index contributed by atoms with van der Waals surface area (Å²) >= 11 is 0. The minimum absolute atomic E-state index is 0.0372. The third kappa shape index (κ3) is 4.95. The van der Waals surface area contributed by atoms with Gasteiger partial charge in [0.1, 0.15) is 5.82 Å². The van der Waals surface area contributed by atoms with E-state index in [0.717, 1.165) is 5.56 Å². The maximum absolute atomic E-state index is 12.7. The van der Waals surface area contributed by atoms with Crippen molar-refractivity contribution in [1.29, 1.82) is 0 Å². The molecule has 3 N–H and O–H groups in total. The van der Waals surface area contributed by atoms with Crippen molar-refractivity contribution in [2.75, 3.05) is 6.54 Å². The van der Waals surface area contributed by atoms with Gasteiger partial charge in [0.2, 0.25) is 5.91 Å².